The van der Waals surface area contributed by atoms with Gasteiger partial charge >= 0.3 is 5.97 Å². The van der Waals surface area contributed by atoms with Crippen molar-refractivity contribution in [3.05, 3.63) is 53.6 Å². The molecule has 2 aromatic carbocycles. The minimum absolute atomic E-state index is 0.339. The Kier molecular flexibility index (Phi) is 3.24. The number of methoxy groups -OCH3 is 1. The smallest absolute Gasteiger partial charge is 0.330 e. The molecule has 0 aliphatic heterocycles. The van der Waals surface area contributed by atoms with Gasteiger partial charge in [0.1, 0.15) is 0 Å². The first-order chi connectivity index (χ1) is 8.19. The predicted molar refractivity (Wildman–Crippen MR) is 69.7 cm³/mol. The maximum Gasteiger partial charge on any atom is 0.330 e. The number of hydrogen-bond acceptors (Lipinski definition) is 2. The van der Waals surface area contributed by atoms with Crippen LogP contribution in [0, 0.1) is 6.92 Å². The highest BCUT2D eigenvalue weighted by Gasteiger charge is 1.96. The molecule has 0 aliphatic carbocycles. The lowest BCUT2D eigenvalue weighted by molar-refractivity contribution is -0.134. The Morgan fingerprint density at radius 3 is 2.59 bits per heavy atom. The molecule has 0 bridgehead atoms. The fourth-order valence-electron chi connectivity index (χ4n) is 1.72. The average Bonchev–Trinajstić information content (AvgIpc) is 2.35. The summed E-state index contributed by atoms with van der Waals surface area (Å²) in [7, 11) is 1.37. The normalized spacial score (nSPS) is 10.9. The predicted octanol–water partition coefficient (Wildman–Crippen LogP) is 3.33. The van der Waals surface area contributed by atoms with Gasteiger partial charge in [-0.25, -0.2) is 4.79 Å². The molecule has 0 N–H and O–H groups in total. The fourth-order valence-corrected chi connectivity index (χ4v) is 1.72. The molecule has 0 atom stereocenters. The first-order valence-electron chi connectivity index (χ1n) is 5.45. The molecule has 2 heteroatoms. The zero-order valence-corrected chi connectivity index (χ0v) is 9.94. The van der Waals surface area contributed by atoms with Gasteiger partial charge in [-0.15, -0.1) is 0 Å². The van der Waals surface area contributed by atoms with Gasteiger partial charge in [0.25, 0.3) is 0 Å². The van der Waals surface area contributed by atoms with E-state index in [1.807, 2.05) is 12.1 Å². The number of rotatable bonds is 2. The summed E-state index contributed by atoms with van der Waals surface area (Å²) < 4.78 is 4.55. The zero-order valence-electron chi connectivity index (χ0n) is 9.94. The van der Waals surface area contributed by atoms with E-state index in [1.165, 1.54) is 29.5 Å². The summed E-state index contributed by atoms with van der Waals surface area (Å²) in [4.78, 5) is 11.0. The largest absolute Gasteiger partial charge is 0.466 e. The van der Waals surface area contributed by atoms with E-state index in [1.54, 1.807) is 6.08 Å². The van der Waals surface area contributed by atoms with Gasteiger partial charge in [-0.3, -0.25) is 0 Å². The van der Waals surface area contributed by atoms with Crippen LogP contribution in [0.4, 0.5) is 0 Å². The van der Waals surface area contributed by atoms with E-state index in [9.17, 15) is 4.79 Å². The van der Waals surface area contributed by atoms with Crippen molar-refractivity contribution in [2.75, 3.05) is 7.11 Å². The minimum Gasteiger partial charge on any atom is -0.466 e. The van der Waals surface area contributed by atoms with E-state index >= 15 is 0 Å². The maximum atomic E-state index is 11.0. The Labute approximate surface area is 101 Å². The molecule has 86 valence electrons. The van der Waals surface area contributed by atoms with E-state index < -0.39 is 0 Å². The fraction of sp³-hybridized carbons (Fsp3) is 0.133. The molecule has 2 rings (SSSR count). The monoisotopic (exact) mass is 226 g/mol. The van der Waals surface area contributed by atoms with Gasteiger partial charge in [-0.05, 0) is 35.4 Å². The van der Waals surface area contributed by atoms with E-state index in [2.05, 4.69) is 35.9 Å². The van der Waals surface area contributed by atoms with Crippen LogP contribution < -0.4 is 0 Å². The van der Waals surface area contributed by atoms with Crippen LogP contribution in [0.5, 0.6) is 0 Å². The molecule has 0 aliphatic rings. The van der Waals surface area contributed by atoms with Crippen molar-refractivity contribution < 1.29 is 9.53 Å². The van der Waals surface area contributed by atoms with Crippen LogP contribution in [0.25, 0.3) is 16.8 Å². The van der Waals surface area contributed by atoms with E-state index in [4.69, 9.17) is 0 Å². The number of aryl methyl sites for hydroxylation is 1. The van der Waals surface area contributed by atoms with Gasteiger partial charge in [0.2, 0.25) is 0 Å². The summed E-state index contributed by atoms with van der Waals surface area (Å²) in [5.41, 5.74) is 2.24. The summed E-state index contributed by atoms with van der Waals surface area (Å²) in [5.74, 6) is -0.339. The van der Waals surface area contributed by atoms with Crippen LogP contribution in [0.3, 0.4) is 0 Å². The number of ether oxygens (including phenoxy) is 1. The summed E-state index contributed by atoms with van der Waals surface area (Å²) in [5, 5.41) is 2.38. The van der Waals surface area contributed by atoms with Crippen LogP contribution in [0.2, 0.25) is 0 Å². The second kappa shape index (κ2) is 4.83. The van der Waals surface area contributed by atoms with Crippen molar-refractivity contribution in [3.63, 3.8) is 0 Å². The first kappa shape index (κ1) is 11.4. The molecule has 0 radical (unpaired) electrons. The van der Waals surface area contributed by atoms with Crippen molar-refractivity contribution in [2.45, 2.75) is 6.92 Å². The third-order valence-electron chi connectivity index (χ3n) is 2.63. The lowest BCUT2D eigenvalue weighted by Crippen LogP contribution is -1.93. The van der Waals surface area contributed by atoms with Crippen molar-refractivity contribution in [1.29, 1.82) is 0 Å². The SMILES string of the molecule is COC(=O)C=Cc1ccc2cc(C)ccc2c1. The third kappa shape index (κ3) is 2.72. The van der Waals surface area contributed by atoms with Gasteiger partial charge in [0.15, 0.2) is 0 Å². The number of benzene rings is 2. The van der Waals surface area contributed by atoms with Gasteiger partial charge in [0.05, 0.1) is 7.11 Å². The lowest BCUT2D eigenvalue weighted by Gasteiger charge is -2.01. The van der Waals surface area contributed by atoms with Crippen LogP contribution >= 0.6 is 0 Å². The minimum atomic E-state index is -0.339. The summed E-state index contributed by atoms with van der Waals surface area (Å²) in [6.07, 6.45) is 3.18. The van der Waals surface area contributed by atoms with E-state index in [0.29, 0.717) is 0 Å². The van der Waals surface area contributed by atoms with E-state index in [0.717, 1.165) is 5.56 Å². The molecule has 0 amide bonds. The van der Waals surface area contributed by atoms with Crippen LogP contribution in [-0.2, 0) is 9.53 Å². The van der Waals surface area contributed by atoms with Crippen molar-refractivity contribution in [1.82, 2.24) is 0 Å². The number of carbonyl (C=O) groups is 1. The highest BCUT2D eigenvalue weighted by molar-refractivity contribution is 5.89. The number of esters is 1. The molecule has 2 aromatic rings. The van der Waals surface area contributed by atoms with Crippen molar-refractivity contribution >= 4 is 22.8 Å². The Bertz CT molecular complexity index is 582. The lowest BCUT2D eigenvalue weighted by atomic mass is 10.0. The maximum absolute atomic E-state index is 11.0. The summed E-state index contributed by atoms with van der Waals surface area (Å²) in [6.45, 7) is 2.07. The van der Waals surface area contributed by atoms with Gasteiger partial charge in [-0.2, -0.15) is 0 Å². The van der Waals surface area contributed by atoms with Crippen molar-refractivity contribution in [3.8, 4) is 0 Å². The second-order valence-electron chi connectivity index (χ2n) is 3.97. The van der Waals surface area contributed by atoms with Gasteiger partial charge in [0, 0.05) is 6.08 Å². The molecular weight excluding hydrogens is 212 g/mol. The molecule has 0 unspecified atom stereocenters. The van der Waals surface area contributed by atoms with E-state index in [-0.39, 0.29) is 5.97 Å². The van der Waals surface area contributed by atoms with Gasteiger partial charge in [-0.1, -0.05) is 35.9 Å². The van der Waals surface area contributed by atoms with Crippen LogP contribution in [0.15, 0.2) is 42.5 Å². The molecule has 0 aromatic heterocycles. The first-order valence-corrected chi connectivity index (χ1v) is 5.45. The third-order valence-corrected chi connectivity index (χ3v) is 2.63. The molecule has 0 spiro atoms. The molecule has 17 heavy (non-hydrogen) atoms. The number of carbonyl (C=O) groups excluding carboxylic acids is 1. The van der Waals surface area contributed by atoms with Crippen molar-refractivity contribution in [2.24, 2.45) is 0 Å². The topological polar surface area (TPSA) is 26.3 Å². The standard InChI is InChI=1S/C15H14O2/c1-11-3-6-14-10-12(4-7-13(14)9-11)5-8-15(16)17-2/h3-10H,1-2H3. The summed E-state index contributed by atoms with van der Waals surface area (Å²) >= 11 is 0. The highest BCUT2D eigenvalue weighted by Crippen LogP contribution is 2.18. The van der Waals surface area contributed by atoms with Gasteiger partial charge < -0.3 is 4.74 Å². The Balaban J connectivity index is 2.35. The Morgan fingerprint density at radius 1 is 1.12 bits per heavy atom. The number of hydrogen-bond donors (Lipinski definition) is 0. The second-order valence-corrected chi connectivity index (χ2v) is 3.97. The molecule has 0 heterocycles. The summed E-state index contributed by atoms with van der Waals surface area (Å²) in [6, 6.07) is 12.4. The molecular formula is C15H14O2. The Hall–Kier alpha value is -2.09. The highest BCUT2D eigenvalue weighted by atomic mass is 16.5. The molecule has 2 nitrogen and oxygen atoms in total. The van der Waals surface area contributed by atoms with Crippen LogP contribution in [-0.4, -0.2) is 13.1 Å². The molecule has 0 saturated carbocycles. The number of fused-ring (bicyclic) bond motifs is 1. The zero-order chi connectivity index (χ0) is 12.3. The Morgan fingerprint density at radius 2 is 1.82 bits per heavy atom. The quantitative estimate of drug-likeness (QED) is 0.580. The molecule has 0 saturated heterocycles. The molecule has 0 fully saturated rings. The average molecular weight is 226 g/mol. The van der Waals surface area contributed by atoms with Crippen LogP contribution in [0.1, 0.15) is 11.1 Å².